The topological polar surface area (TPSA) is 18.5 Å². The highest BCUT2D eigenvalue weighted by atomic mass is 127. The van der Waals surface area contributed by atoms with Crippen molar-refractivity contribution in [1.29, 1.82) is 0 Å². The molecule has 18 heavy (non-hydrogen) atoms. The van der Waals surface area contributed by atoms with Crippen LogP contribution in [0.2, 0.25) is 0 Å². The largest absolute Gasteiger partial charge is 0.493 e. The van der Waals surface area contributed by atoms with Crippen LogP contribution in [0.1, 0.15) is 6.42 Å². The van der Waals surface area contributed by atoms with E-state index in [1.807, 2.05) is 54.6 Å². The van der Waals surface area contributed by atoms with Crippen LogP contribution in [0.4, 0.5) is 0 Å². The maximum absolute atomic E-state index is 5.69. The zero-order chi connectivity index (χ0) is 12.6. The molecule has 0 amide bonds. The van der Waals surface area contributed by atoms with Crippen molar-refractivity contribution < 1.29 is 9.47 Å². The summed E-state index contributed by atoms with van der Waals surface area (Å²) >= 11 is 2.27. The highest BCUT2D eigenvalue weighted by Crippen LogP contribution is 2.19. The molecule has 2 nitrogen and oxygen atoms in total. The average Bonchev–Trinajstić information content (AvgIpc) is 2.42. The number of benzene rings is 2. The van der Waals surface area contributed by atoms with E-state index in [1.165, 1.54) is 0 Å². The Bertz CT molecular complexity index is 471. The number of halogens is 1. The number of rotatable bonds is 6. The van der Waals surface area contributed by atoms with E-state index >= 15 is 0 Å². The minimum atomic E-state index is 0.673. The Balaban J connectivity index is 1.66. The Morgan fingerprint density at radius 1 is 0.778 bits per heavy atom. The molecule has 0 saturated heterocycles. The summed E-state index contributed by atoms with van der Waals surface area (Å²) < 4.78 is 12.4. The molecule has 0 heterocycles. The number of hydrogen-bond acceptors (Lipinski definition) is 2. The second-order valence-electron chi connectivity index (χ2n) is 3.79. The molecular formula is C15H15IO2. The molecule has 0 aromatic heterocycles. The number of hydrogen-bond donors (Lipinski definition) is 0. The third-order valence-electron chi connectivity index (χ3n) is 2.39. The molecule has 0 saturated carbocycles. The first-order valence-electron chi connectivity index (χ1n) is 5.91. The molecule has 0 aliphatic heterocycles. The van der Waals surface area contributed by atoms with Crippen molar-refractivity contribution >= 4 is 22.6 Å². The quantitative estimate of drug-likeness (QED) is 0.574. The molecule has 0 bridgehead atoms. The van der Waals surface area contributed by atoms with Gasteiger partial charge in [-0.3, -0.25) is 0 Å². The van der Waals surface area contributed by atoms with E-state index in [-0.39, 0.29) is 0 Å². The normalized spacial score (nSPS) is 10.1. The second kappa shape index (κ2) is 7.26. The van der Waals surface area contributed by atoms with Gasteiger partial charge in [-0.05, 0) is 46.9 Å². The van der Waals surface area contributed by atoms with Gasteiger partial charge < -0.3 is 9.47 Å². The summed E-state index contributed by atoms with van der Waals surface area (Å²) in [5.74, 6) is 1.85. The van der Waals surface area contributed by atoms with Crippen molar-refractivity contribution in [2.24, 2.45) is 0 Å². The van der Waals surface area contributed by atoms with Crippen molar-refractivity contribution in [3.8, 4) is 11.5 Å². The second-order valence-corrected chi connectivity index (χ2v) is 4.96. The van der Waals surface area contributed by atoms with E-state index < -0.39 is 0 Å². The third kappa shape index (κ3) is 4.22. The van der Waals surface area contributed by atoms with Gasteiger partial charge in [-0.25, -0.2) is 0 Å². The van der Waals surface area contributed by atoms with Crippen molar-refractivity contribution in [2.75, 3.05) is 13.2 Å². The van der Waals surface area contributed by atoms with Crippen LogP contribution in [0.15, 0.2) is 54.6 Å². The summed E-state index contributed by atoms with van der Waals surface area (Å²) in [5, 5.41) is 0. The first kappa shape index (κ1) is 13.2. The molecule has 0 aliphatic rings. The zero-order valence-electron chi connectivity index (χ0n) is 10.0. The molecular weight excluding hydrogens is 339 g/mol. The predicted molar refractivity (Wildman–Crippen MR) is 81.2 cm³/mol. The lowest BCUT2D eigenvalue weighted by Gasteiger charge is -2.09. The highest BCUT2D eigenvalue weighted by molar-refractivity contribution is 14.1. The van der Waals surface area contributed by atoms with Crippen LogP contribution in [-0.4, -0.2) is 13.2 Å². The van der Waals surface area contributed by atoms with Crippen LogP contribution < -0.4 is 9.47 Å². The summed E-state index contributed by atoms with van der Waals surface area (Å²) in [4.78, 5) is 0. The molecule has 2 aromatic carbocycles. The van der Waals surface area contributed by atoms with Crippen LogP contribution in [0.5, 0.6) is 11.5 Å². The molecule has 0 N–H and O–H groups in total. The van der Waals surface area contributed by atoms with Crippen molar-refractivity contribution in [1.82, 2.24) is 0 Å². The molecule has 0 unspecified atom stereocenters. The zero-order valence-corrected chi connectivity index (χ0v) is 12.2. The van der Waals surface area contributed by atoms with E-state index in [1.54, 1.807) is 0 Å². The fraction of sp³-hybridized carbons (Fsp3) is 0.200. The van der Waals surface area contributed by atoms with Crippen molar-refractivity contribution in [3.63, 3.8) is 0 Å². The Morgan fingerprint density at radius 2 is 1.44 bits per heavy atom. The monoisotopic (exact) mass is 354 g/mol. The first-order chi connectivity index (χ1) is 8.86. The minimum Gasteiger partial charge on any atom is -0.493 e. The third-order valence-corrected chi connectivity index (χ3v) is 3.29. The fourth-order valence-corrected chi connectivity index (χ4v) is 2.05. The Labute approximate surface area is 121 Å². The van der Waals surface area contributed by atoms with Crippen LogP contribution in [-0.2, 0) is 0 Å². The molecule has 0 spiro atoms. The number of para-hydroxylation sites is 2. The lowest BCUT2D eigenvalue weighted by molar-refractivity contribution is 0.246. The smallest absolute Gasteiger partial charge is 0.132 e. The van der Waals surface area contributed by atoms with Crippen molar-refractivity contribution in [3.05, 3.63) is 58.2 Å². The molecule has 2 aromatic rings. The van der Waals surface area contributed by atoms with Gasteiger partial charge >= 0.3 is 0 Å². The molecule has 0 aliphatic carbocycles. The van der Waals surface area contributed by atoms with Crippen molar-refractivity contribution in [2.45, 2.75) is 6.42 Å². The SMILES string of the molecule is Ic1ccccc1OCCCOc1ccccc1. The summed E-state index contributed by atoms with van der Waals surface area (Å²) in [6.45, 7) is 1.35. The van der Waals surface area contributed by atoms with Crippen LogP contribution in [0.25, 0.3) is 0 Å². The molecule has 94 valence electrons. The molecule has 0 atom stereocenters. The minimum absolute atomic E-state index is 0.673. The van der Waals surface area contributed by atoms with Crippen LogP contribution in [0.3, 0.4) is 0 Å². The van der Waals surface area contributed by atoms with Gasteiger partial charge in [-0.2, -0.15) is 0 Å². The first-order valence-corrected chi connectivity index (χ1v) is 6.99. The van der Waals surface area contributed by atoms with Gasteiger partial charge in [0.05, 0.1) is 16.8 Å². The van der Waals surface area contributed by atoms with Gasteiger partial charge in [0.25, 0.3) is 0 Å². The van der Waals surface area contributed by atoms with Gasteiger partial charge in [0.2, 0.25) is 0 Å². The number of ether oxygens (including phenoxy) is 2. The lowest BCUT2D eigenvalue weighted by atomic mass is 10.3. The van der Waals surface area contributed by atoms with Gasteiger partial charge in [-0.15, -0.1) is 0 Å². The van der Waals surface area contributed by atoms with E-state index in [0.717, 1.165) is 21.5 Å². The highest BCUT2D eigenvalue weighted by Gasteiger charge is 1.98. The maximum Gasteiger partial charge on any atom is 0.132 e. The van der Waals surface area contributed by atoms with Crippen LogP contribution in [0, 0.1) is 3.57 Å². The lowest BCUT2D eigenvalue weighted by Crippen LogP contribution is -2.05. The van der Waals surface area contributed by atoms with E-state index in [2.05, 4.69) is 22.6 Å². The predicted octanol–water partition coefficient (Wildman–Crippen LogP) is 4.14. The Kier molecular flexibility index (Phi) is 5.33. The van der Waals surface area contributed by atoms with Gasteiger partial charge in [0.15, 0.2) is 0 Å². The summed E-state index contributed by atoms with van der Waals surface area (Å²) in [5.41, 5.74) is 0. The molecule has 0 radical (unpaired) electrons. The average molecular weight is 354 g/mol. The van der Waals surface area contributed by atoms with Crippen LogP contribution >= 0.6 is 22.6 Å². The van der Waals surface area contributed by atoms with Gasteiger partial charge in [-0.1, -0.05) is 30.3 Å². The van der Waals surface area contributed by atoms with Gasteiger partial charge in [0, 0.05) is 6.42 Å². The summed E-state index contributed by atoms with van der Waals surface area (Å²) in [6, 6.07) is 17.9. The summed E-state index contributed by atoms with van der Waals surface area (Å²) in [6.07, 6.45) is 0.875. The van der Waals surface area contributed by atoms with E-state index in [4.69, 9.17) is 9.47 Å². The molecule has 3 heteroatoms. The fourth-order valence-electron chi connectivity index (χ4n) is 1.51. The maximum atomic E-state index is 5.69. The standard InChI is InChI=1S/C15H15IO2/c16-14-9-4-5-10-15(14)18-12-6-11-17-13-7-2-1-3-8-13/h1-5,7-10H,6,11-12H2. The summed E-state index contributed by atoms with van der Waals surface area (Å²) in [7, 11) is 0. The van der Waals surface area contributed by atoms with E-state index in [9.17, 15) is 0 Å². The Hall–Kier alpha value is -1.23. The molecule has 0 fully saturated rings. The molecule has 2 rings (SSSR count). The Morgan fingerprint density at radius 3 is 2.22 bits per heavy atom. The van der Waals surface area contributed by atoms with Gasteiger partial charge in [0.1, 0.15) is 11.5 Å². The van der Waals surface area contributed by atoms with E-state index in [0.29, 0.717) is 13.2 Å².